The van der Waals surface area contributed by atoms with Crippen molar-refractivity contribution in [1.82, 2.24) is 4.98 Å². The summed E-state index contributed by atoms with van der Waals surface area (Å²) in [6.45, 7) is 5.32. The summed E-state index contributed by atoms with van der Waals surface area (Å²) < 4.78 is 5.26. The summed E-state index contributed by atoms with van der Waals surface area (Å²) in [4.78, 5) is 28.8. The largest absolute Gasteiger partial charge is 0.449 e. The van der Waals surface area contributed by atoms with Crippen molar-refractivity contribution in [2.75, 3.05) is 10.6 Å². The molecule has 1 aromatic carbocycles. The number of carbonyl (C=O) groups excluding carboxylic acids is 2. The molecule has 2 rings (SSSR count). The number of nitrogens with zero attached hydrogens (tertiary/aromatic N) is 1. The Bertz CT molecular complexity index is 812. The predicted molar refractivity (Wildman–Crippen MR) is 103 cm³/mol. The molecule has 2 N–H and O–H groups in total. The van der Waals surface area contributed by atoms with Crippen molar-refractivity contribution >= 4 is 46.6 Å². The van der Waals surface area contributed by atoms with Gasteiger partial charge in [0.1, 0.15) is 11.4 Å². The molecule has 0 aliphatic heterocycles. The number of carbonyl (C=O) groups is 2. The molecule has 0 fully saturated rings. The second-order valence-electron chi connectivity index (χ2n) is 5.84. The molecule has 1 heterocycles. The van der Waals surface area contributed by atoms with Crippen LogP contribution in [0.4, 0.5) is 11.5 Å². The van der Waals surface area contributed by atoms with Crippen LogP contribution >= 0.6 is 23.2 Å². The number of benzene rings is 1. The molecule has 0 unspecified atom stereocenters. The first-order valence-electron chi connectivity index (χ1n) is 7.97. The summed E-state index contributed by atoms with van der Waals surface area (Å²) in [5.74, 6) is -0.774. The summed E-state index contributed by atoms with van der Waals surface area (Å²) in [6, 6.07) is 8.15. The van der Waals surface area contributed by atoms with Crippen molar-refractivity contribution < 1.29 is 14.3 Å². The molecule has 8 heteroatoms. The van der Waals surface area contributed by atoms with Gasteiger partial charge in [0.25, 0.3) is 5.91 Å². The molecule has 138 valence electrons. The summed E-state index contributed by atoms with van der Waals surface area (Å²) in [6.07, 6.45) is 0.531. The Kier molecular flexibility index (Phi) is 6.83. The first-order chi connectivity index (χ1) is 12.3. The topological polar surface area (TPSA) is 80.3 Å². The number of pyridine rings is 1. The van der Waals surface area contributed by atoms with Gasteiger partial charge in [-0.05, 0) is 45.0 Å². The van der Waals surface area contributed by atoms with Crippen molar-refractivity contribution in [2.45, 2.75) is 32.9 Å². The lowest BCUT2D eigenvalue weighted by Crippen LogP contribution is -2.30. The lowest BCUT2D eigenvalue weighted by Gasteiger charge is -2.16. The highest BCUT2D eigenvalue weighted by Crippen LogP contribution is 2.29. The minimum atomic E-state index is -1.04. The van der Waals surface area contributed by atoms with E-state index in [-0.39, 0.29) is 16.6 Å². The minimum Gasteiger partial charge on any atom is -0.449 e. The van der Waals surface area contributed by atoms with Crippen LogP contribution in [0.1, 0.15) is 31.1 Å². The number of anilines is 2. The van der Waals surface area contributed by atoms with Crippen LogP contribution < -0.4 is 10.6 Å². The molecule has 0 radical (unpaired) electrons. The molecule has 26 heavy (non-hydrogen) atoms. The third-order valence-corrected chi connectivity index (χ3v) is 4.13. The number of ether oxygens (including phenoxy) is 1. The average Bonchev–Trinajstić information content (AvgIpc) is 2.58. The Morgan fingerprint density at radius 3 is 2.54 bits per heavy atom. The maximum atomic E-state index is 12.4. The maximum Gasteiger partial charge on any atom is 0.342 e. The van der Waals surface area contributed by atoms with Crippen molar-refractivity contribution in [3.05, 3.63) is 52.1 Å². The number of hydrogen-bond acceptors (Lipinski definition) is 5. The Hall–Kier alpha value is -2.31. The van der Waals surface area contributed by atoms with Gasteiger partial charge in [0, 0.05) is 12.2 Å². The zero-order valence-corrected chi connectivity index (χ0v) is 16.1. The molecule has 0 saturated heterocycles. The van der Waals surface area contributed by atoms with Crippen LogP contribution in [0, 0.1) is 0 Å². The first-order valence-corrected chi connectivity index (χ1v) is 8.72. The van der Waals surface area contributed by atoms with E-state index in [1.54, 1.807) is 36.5 Å². The van der Waals surface area contributed by atoms with Gasteiger partial charge in [0.2, 0.25) is 0 Å². The van der Waals surface area contributed by atoms with Gasteiger partial charge in [-0.3, -0.25) is 4.79 Å². The van der Waals surface area contributed by atoms with E-state index in [2.05, 4.69) is 15.6 Å². The Morgan fingerprint density at radius 2 is 1.85 bits per heavy atom. The normalized spacial score (nSPS) is 11.8. The third kappa shape index (κ3) is 5.09. The average molecular weight is 396 g/mol. The van der Waals surface area contributed by atoms with Crippen LogP contribution in [0.2, 0.25) is 10.0 Å². The number of esters is 1. The van der Waals surface area contributed by atoms with Crippen molar-refractivity contribution in [3.8, 4) is 0 Å². The quantitative estimate of drug-likeness (QED) is 0.708. The van der Waals surface area contributed by atoms with Crippen molar-refractivity contribution in [1.29, 1.82) is 0 Å². The van der Waals surface area contributed by atoms with Gasteiger partial charge in [0.05, 0.1) is 15.7 Å². The van der Waals surface area contributed by atoms with E-state index in [4.69, 9.17) is 27.9 Å². The van der Waals surface area contributed by atoms with Crippen LogP contribution in [0.25, 0.3) is 0 Å². The standard InChI is InChI=1S/C18H19Cl2N3O3/c1-10(2)22-16-12(6-5-9-21-16)18(25)26-11(3)17(24)23-14-8-4-7-13(19)15(14)20/h4-11H,1-3H3,(H,21,22)(H,23,24)/t11-/m0/s1. The molecule has 0 aliphatic rings. The highest BCUT2D eigenvalue weighted by atomic mass is 35.5. The van der Waals surface area contributed by atoms with Gasteiger partial charge in [-0.15, -0.1) is 0 Å². The van der Waals surface area contributed by atoms with E-state index < -0.39 is 18.0 Å². The highest BCUT2D eigenvalue weighted by molar-refractivity contribution is 6.44. The zero-order chi connectivity index (χ0) is 19.3. The molecule has 0 saturated carbocycles. The summed E-state index contributed by atoms with van der Waals surface area (Å²) >= 11 is 12.0. The molecule has 1 aromatic heterocycles. The van der Waals surface area contributed by atoms with E-state index in [0.717, 1.165) is 0 Å². The number of amides is 1. The first kappa shape index (κ1) is 20.0. The fraction of sp³-hybridized carbons (Fsp3) is 0.278. The van der Waals surface area contributed by atoms with Crippen molar-refractivity contribution in [3.63, 3.8) is 0 Å². The molecule has 0 bridgehead atoms. The van der Waals surface area contributed by atoms with E-state index >= 15 is 0 Å². The second kappa shape index (κ2) is 8.87. The number of hydrogen-bond donors (Lipinski definition) is 2. The Morgan fingerprint density at radius 1 is 1.12 bits per heavy atom. The summed E-state index contributed by atoms with van der Waals surface area (Å²) in [7, 11) is 0. The summed E-state index contributed by atoms with van der Waals surface area (Å²) in [5.41, 5.74) is 0.595. The minimum absolute atomic E-state index is 0.0853. The fourth-order valence-corrected chi connectivity index (χ4v) is 2.42. The number of aromatic nitrogens is 1. The van der Waals surface area contributed by atoms with Crippen LogP contribution in [0.15, 0.2) is 36.5 Å². The lowest BCUT2D eigenvalue weighted by molar-refractivity contribution is -0.123. The highest BCUT2D eigenvalue weighted by Gasteiger charge is 2.22. The Labute approximate surface area is 161 Å². The lowest BCUT2D eigenvalue weighted by atomic mass is 10.2. The molecule has 1 atom stereocenters. The molecule has 6 nitrogen and oxygen atoms in total. The van der Waals surface area contributed by atoms with E-state index in [1.165, 1.54) is 6.92 Å². The molecular formula is C18H19Cl2N3O3. The number of rotatable bonds is 6. The van der Waals surface area contributed by atoms with Gasteiger partial charge in [0.15, 0.2) is 6.10 Å². The molecule has 1 amide bonds. The SMILES string of the molecule is CC(C)Nc1ncccc1C(=O)O[C@@H](C)C(=O)Nc1cccc(Cl)c1Cl. The summed E-state index contributed by atoms with van der Waals surface area (Å²) in [5, 5.41) is 6.19. The molecular weight excluding hydrogens is 377 g/mol. The monoisotopic (exact) mass is 395 g/mol. The van der Waals surface area contributed by atoms with E-state index in [9.17, 15) is 9.59 Å². The van der Waals surface area contributed by atoms with Crippen molar-refractivity contribution in [2.24, 2.45) is 0 Å². The smallest absolute Gasteiger partial charge is 0.342 e. The van der Waals surface area contributed by atoms with E-state index in [1.807, 2.05) is 13.8 Å². The van der Waals surface area contributed by atoms with E-state index in [0.29, 0.717) is 16.5 Å². The van der Waals surface area contributed by atoms with Gasteiger partial charge >= 0.3 is 5.97 Å². The third-order valence-electron chi connectivity index (χ3n) is 3.32. The number of nitrogens with one attached hydrogen (secondary N) is 2. The molecule has 0 spiro atoms. The van der Waals surface area contributed by atoms with Gasteiger partial charge < -0.3 is 15.4 Å². The Balaban J connectivity index is 2.07. The zero-order valence-electron chi connectivity index (χ0n) is 14.5. The second-order valence-corrected chi connectivity index (χ2v) is 6.62. The molecule has 2 aromatic rings. The molecule has 0 aliphatic carbocycles. The van der Waals surface area contributed by atoms with Gasteiger partial charge in [-0.25, -0.2) is 9.78 Å². The van der Waals surface area contributed by atoms with Crippen LogP contribution in [0.3, 0.4) is 0 Å². The number of halogens is 2. The van der Waals surface area contributed by atoms with Gasteiger partial charge in [-0.2, -0.15) is 0 Å². The maximum absolute atomic E-state index is 12.4. The predicted octanol–water partition coefficient (Wildman–Crippen LogP) is 4.39. The van der Waals surface area contributed by atoms with Gasteiger partial charge in [-0.1, -0.05) is 29.3 Å². The van der Waals surface area contributed by atoms with Crippen LogP contribution in [0.5, 0.6) is 0 Å². The van der Waals surface area contributed by atoms with Crippen LogP contribution in [-0.4, -0.2) is 29.0 Å². The van der Waals surface area contributed by atoms with Crippen LogP contribution in [-0.2, 0) is 9.53 Å². The fourth-order valence-electron chi connectivity index (χ4n) is 2.07.